The Morgan fingerprint density at radius 1 is 1.40 bits per heavy atom. The standard InChI is InChI=1S/C15H22FN3O/c1-11(20)18-10-12-2-4-19(5-3-12)15-7-13(9-17)6-14(16)8-15/h6-8,12H,2-5,9-10,17H2,1H3,(H,18,20). The van der Waals surface area contributed by atoms with Gasteiger partial charge in [-0.1, -0.05) is 0 Å². The first kappa shape index (κ1) is 14.8. The second-order valence-corrected chi connectivity index (χ2v) is 5.39. The molecule has 2 rings (SSSR count). The Bertz CT molecular complexity index is 470. The number of rotatable bonds is 4. The molecule has 1 amide bonds. The van der Waals surface area contributed by atoms with Crippen LogP contribution < -0.4 is 16.0 Å². The first-order valence-corrected chi connectivity index (χ1v) is 7.07. The van der Waals surface area contributed by atoms with E-state index in [1.807, 2.05) is 6.07 Å². The topological polar surface area (TPSA) is 58.4 Å². The van der Waals surface area contributed by atoms with Crippen LogP contribution in [0.1, 0.15) is 25.3 Å². The summed E-state index contributed by atoms with van der Waals surface area (Å²) in [4.78, 5) is 13.1. The quantitative estimate of drug-likeness (QED) is 0.881. The van der Waals surface area contributed by atoms with E-state index < -0.39 is 0 Å². The lowest BCUT2D eigenvalue weighted by Crippen LogP contribution is -2.38. The average Bonchev–Trinajstić information content (AvgIpc) is 2.45. The fourth-order valence-corrected chi connectivity index (χ4v) is 2.62. The molecule has 0 aliphatic carbocycles. The van der Waals surface area contributed by atoms with E-state index in [1.165, 1.54) is 13.0 Å². The van der Waals surface area contributed by atoms with Gasteiger partial charge < -0.3 is 16.0 Å². The second kappa shape index (κ2) is 6.70. The summed E-state index contributed by atoms with van der Waals surface area (Å²) in [6.07, 6.45) is 2.02. The van der Waals surface area contributed by atoms with Crippen LogP contribution in [0.15, 0.2) is 18.2 Å². The van der Waals surface area contributed by atoms with Gasteiger partial charge in [0.1, 0.15) is 5.82 Å². The lowest BCUT2D eigenvalue weighted by molar-refractivity contribution is -0.119. The van der Waals surface area contributed by atoms with Crippen molar-refractivity contribution < 1.29 is 9.18 Å². The van der Waals surface area contributed by atoms with Crippen molar-refractivity contribution in [1.29, 1.82) is 0 Å². The van der Waals surface area contributed by atoms with Crippen molar-refractivity contribution in [3.63, 3.8) is 0 Å². The molecule has 0 spiro atoms. The van der Waals surface area contributed by atoms with Gasteiger partial charge in [0.2, 0.25) is 5.91 Å². The lowest BCUT2D eigenvalue weighted by atomic mass is 9.96. The number of nitrogens with one attached hydrogen (secondary N) is 1. The molecule has 1 aliphatic rings. The summed E-state index contributed by atoms with van der Waals surface area (Å²) in [5.74, 6) is 0.297. The SMILES string of the molecule is CC(=O)NCC1CCN(c2cc(F)cc(CN)c2)CC1. The average molecular weight is 279 g/mol. The molecular weight excluding hydrogens is 257 g/mol. The van der Waals surface area contributed by atoms with E-state index in [2.05, 4.69) is 10.2 Å². The molecular formula is C15H22FN3O. The molecule has 0 radical (unpaired) electrons. The molecule has 3 N–H and O–H groups in total. The molecule has 0 aromatic heterocycles. The Morgan fingerprint density at radius 2 is 2.10 bits per heavy atom. The molecule has 0 atom stereocenters. The van der Waals surface area contributed by atoms with Crippen LogP contribution >= 0.6 is 0 Å². The van der Waals surface area contributed by atoms with Crippen LogP contribution in [0.2, 0.25) is 0 Å². The summed E-state index contributed by atoms with van der Waals surface area (Å²) in [5.41, 5.74) is 7.31. The van der Waals surface area contributed by atoms with Gasteiger partial charge in [0.05, 0.1) is 0 Å². The maximum absolute atomic E-state index is 13.5. The summed E-state index contributed by atoms with van der Waals surface area (Å²) in [6, 6.07) is 5.00. The molecule has 110 valence electrons. The highest BCUT2D eigenvalue weighted by atomic mass is 19.1. The van der Waals surface area contributed by atoms with Crippen LogP contribution in [0.4, 0.5) is 10.1 Å². The van der Waals surface area contributed by atoms with E-state index >= 15 is 0 Å². The number of nitrogens with zero attached hydrogens (tertiary/aromatic N) is 1. The maximum Gasteiger partial charge on any atom is 0.216 e. The molecule has 1 heterocycles. The number of benzene rings is 1. The van der Waals surface area contributed by atoms with Crippen molar-refractivity contribution in [2.45, 2.75) is 26.3 Å². The molecule has 1 fully saturated rings. The van der Waals surface area contributed by atoms with E-state index in [-0.39, 0.29) is 11.7 Å². The number of anilines is 1. The van der Waals surface area contributed by atoms with Crippen molar-refractivity contribution >= 4 is 11.6 Å². The van der Waals surface area contributed by atoms with Crippen LogP contribution in [0.25, 0.3) is 0 Å². The zero-order chi connectivity index (χ0) is 14.5. The van der Waals surface area contributed by atoms with Crippen LogP contribution in [0, 0.1) is 11.7 Å². The summed E-state index contributed by atoms with van der Waals surface area (Å²) >= 11 is 0. The van der Waals surface area contributed by atoms with Gasteiger partial charge in [-0.05, 0) is 42.5 Å². The molecule has 5 heteroatoms. The first-order valence-electron chi connectivity index (χ1n) is 7.07. The fourth-order valence-electron chi connectivity index (χ4n) is 2.62. The van der Waals surface area contributed by atoms with Crippen molar-refractivity contribution in [2.24, 2.45) is 11.7 Å². The number of hydrogen-bond donors (Lipinski definition) is 2. The normalized spacial score (nSPS) is 16.2. The first-order chi connectivity index (χ1) is 9.58. The predicted octanol–water partition coefficient (Wildman–Crippen LogP) is 1.64. The van der Waals surface area contributed by atoms with E-state index in [0.717, 1.165) is 43.7 Å². The monoisotopic (exact) mass is 279 g/mol. The van der Waals surface area contributed by atoms with Gasteiger partial charge >= 0.3 is 0 Å². The Balaban J connectivity index is 1.93. The number of nitrogens with two attached hydrogens (primary N) is 1. The molecule has 20 heavy (non-hydrogen) atoms. The molecule has 4 nitrogen and oxygen atoms in total. The number of halogens is 1. The molecule has 0 unspecified atom stereocenters. The molecule has 0 saturated carbocycles. The van der Waals surface area contributed by atoms with E-state index in [9.17, 15) is 9.18 Å². The summed E-state index contributed by atoms with van der Waals surface area (Å²) in [5, 5.41) is 2.86. The lowest BCUT2D eigenvalue weighted by Gasteiger charge is -2.34. The molecule has 0 bridgehead atoms. The minimum absolute atomic E-state index is 0.0187. The molecule has 1 aliphatic heterocycles. The third-order valence-corrected chi connectivity index (χ3v) is 3.80. The fraction of sp³-hybridized carbons (Fsp3) is 0.533. The number of carbonyl (C=O) groups excluding carboxylic acids is 1. The van der Waals surface area contributed by atoms with Gasteiger partial charge in [0, 0.05) is 38.8 Å². The Hall–Kier alpha value is -1.62. The molecule has 1 aromatic carbocycles. The van der Waals surface area contributed by atoms with Crippen LogP contribution in [0.3, 0.4) is 0 Å². The van der Waals surface area contributed by atoms with Gasteiger partial charge in [0.15, 0.2) is 0 Å². The van der Waals surface area contributed by atoms with Crippen LogP contribution in [-0.4, -0.2) is 25.5 Å². The van der Waals surface area contributed by atoms with Crippen molar-refractivity contribution in [1.82, 2.24) is 5.32 Å². The van der Waals surface area contributed by atoms with Gasteiger partial charge in [-0.2, -0.15) is 0 Å². The zero-order valence-electron chi connectivity index (χ0n) is 11.9. The second-order valence-electron chi connectivity index (χ2n) is 5.39. The van der Waals surface area contributed by atoms with Gasteiger partial charge in [-0.15, -0.1) is 0 Å². The van der Waals surface area contributed by atoms with Crippen molar-refractivity contribution in [3.8, 4) is 0 Å². The van der Waals surface area contributed by atoms with E-state index in [4.69, 9.17) is 5.73 Å². The smallest absolute Gasteiger partial charge is 0.216 e. The maximum atomic E-state index is 13.5. The Kier molecular flexibility index (Phi) is 4.95. The zero-order valence-corrected chi connectivity index (χ0v) is 11.9. The van der Waals surface area contributed by atoms with Gasteiger partial charge in [0.25, 0.3) is 0 Å². The summed E-state index contributed by atoms with van der Waals surface area (Å²) in [7, 11) is 0. The highest BCUT2D eigenvalue weighted by Crippen LogP contribution is 2.24. The molecule has 1 aromatic rings. The van der Waals surface area contributed by atoms with Crippen LogP contribution in [0.5, 0.6) is 0 Å². The Morgan fingerprint density at radius 3 is 2.70 bits per heavy atom. The minimum atomic E-state index is -0.233. The van der Waals surface area contributed by atoms with Crippen LogP contribution in [-0.2, 0) is 11.3 Å². The number of carbonyl (C=O) groups is 1. The third kappa shape index (κ3) is 3.93. The number of hydrogen-bond acceptors (Lipinski definition) is 3. The number of amides is 1. The largest absolute Gasteiger partial charge is 0.371 e. The van der Waals surface area contributed by atoms with E-state index in [1.54, 1.807) is 6.07 Å². The number of piperidine rings is 1. The van der Waals surface area contributed by atoms with E-state index in [0.29, 0.717) is 12.5 Å². The van der Waals surface area contributed by atoms with Gasteiger partial charge in [-0.25, -0.2) is 4.39 Å². The highest BCUT2D eigenvalue weighted by Gasteiger charge is 2.20. The Labute approximate surface area is 119 Å². The molecule has 1 saturated heterocycles. The predicted molar refractivity (Wildman–Crippen MR) is 77.9 cm³/mol. The summed E-state index contributed by atoms with van der Waals surface area (Å²) in [6.45, 7) is 4.40. The summed E-state index contributed by atoms with van der Waals surface area (Å²) < 4.78 is 13.5. The van der Waals surface area contributed by atoms with Gasteiger partial charge in [-0.3, -0.25) is 4.79 Å². The van der Waals surface area contributed by atoms with Crippen molar-refractivity contribution in [3.05, 3.63) is 29.6 Å². The van der Waals surface area contributed by atoms with Crippen molar-refractivity contribution in [2.75, 3.05) is 24.5 Å². The minimum Gasteiger partial charge on any atom is -0.371 e. The third-order valence-electron chi connectivity index (χ3n) is 3.80. The highest BCUT2D eigenvalue weighted by molar-refractivity contribution is 5.72.